The van der Waals surface area contributed by atoms with Crippen LogP contribution in [0.1, 0.15) is 10.1 Å². The van der Waals surface area contributed by atoms with Crippen LogP contribution >= 0.6 is 0 Å². The zero-order valence-electron chi connectivity index (χ0n) is 13.3. The number of rotatable bonds is 3. The first-order valence-corrected chi connectivity index (χ1v) is 10.2. The Morgan fingerprint density at radius 1 is 0.621 bits per heavy atom. The Hall–Kier alpha value is -2.10. The van der Waals surface area contributed by atoms with E-state index in [9.17, 15) is 60.7 Å². The molecule has 1 atom stereocenters. The topological polar surface area (TPSA) is 68.3 Å². The summed E-state index contributed by atoms with van der Waals surface area (Å²) in [5, 5.41) is -4.59. The van der Waals surface area contributed by atoms with Crippen molar-refractivity contribution < 1.29 is 60.7 Å². The summed E-state index contributed by atoms with van der Waals surface area (Å²) in [4.78, 5) is 0. The van der Waals surface area contributed by atoms with Gasteiger partial charge in [-0.15, -0.1) is 0 Å². The molecule has 0 heterocycles. The Balaban J connectivity index is 3.23. The number of fused-ring (bicyclic) bond motifs is 1. The van der Waals surface area contributed by atoms with E-state index < -0.39 is 86.8 Å². The molecule has 2 rings (SSSR count). The highest BCUT2D eigenvalue weighted by atomic mass is 32.3. The van der Waals surface area contributed by atoms with Gasteiger partial charge in [0.25, 0.3) is 9.84 Å². The van der Waals surface area contributed by atoms with E-state index in [0.29, 0.717) is 0 Å². The summed E-state index contributed by atoms with van der Waals surface area (Å²) in [5.41, 5.74) is -9.16. The van der Waals surface area contributed by atoms with Crippen molar-refractivity contribution in [2.24, 2.45) is 0 Å². The minimum absolute atomic E-state index is 0.232. The average Bonchev–Trinajstić information content (AvgIpc) is 2.55. The highest BCUT2D eigenvalue weighted by Gasteiger charge is 2.57. The molecule has 0 N–H and O–H groups in total. The molecule has 16 heteroatoms. The minimum atomic E-state index is -7.04. The van der Waals surface area contributed by atoms with Gasteiger partial charge in [0, 0.05) is 6.26 Å². The van der Waals surface area contributed by atoms with Gasteiger partial charge >= 0.3 is 5.51 Å². The third-order valence-corrected chi connectivity index (χ3v) is 7.87. The lowest BCUT2D eigenvalue weighted by Crippen LogP contribution is -2.34. The molecule has 0 bridgehead atoms. The van der Waals surface area contributed by atoms with Crippen LogP contribution in [0.4, 0.5) is 43.9 Å². The molecule has 2 aromatic rings. The number of sulfone groups is 2. The van der Waals surface area contributed by atoms with E-state index in [1.165, 1.54) is 0 Å². The maximum absolute atomic E-state index is 14.6. The first kappa shape index (κ1) is 23.2. The molecule has 0 aliphatic rings. The van der Waals surface area contributed by atoms with E-state index in [0.717, 1.165) is 0 Å². The van der Waals surface area contributed by atoms with Gasteiger partial charge in [-0.1, -0.05) is 0 Å². The predicted octanol–water partition coefficient (Wildman–Crippen LogP) is 3.79. The third kappa shape index (κ3) is 3.31. The highest BCUT2D eigenvalue weighted by molar-refractivity contribution is 8.08. The van der Waals surface area contributed by atoms with E-state index in [2.05, 4.69) is 0 Å². The van der Waals surface area contributed by atoms with Crippen LogP contribution in [0, 0.1) is 40.7 Å². The molecule has 1 unspecified atom stereocenters. The van der Waals surface area contributed by atoms with E-state index in [1.54, 1.807) is 0 Å². The summed E-state index contributed by atoms with van der Waals surface area (Å²) < 4.78 is 178. The van der Waals surface area contributed by atoms with Crippen molar-refractivity contribution in [3.05, 3.63) is 46.3 Å². The van der Waals surface area contributed by atoms with Crippen LogP contribution in [0.5, 0.6) is 0 Å². The van der Waals surface area contributed by atoms with Crippen LogP contribution in [0.25, 0.3) is 10.8 Å². The second-order valence-electron chi connectivity index (χ2n) is 5.51. The van der Waals surface area contributed by atoms with Crippen LogP contribution in [0.2, 0.25) is 0 Å². The van der Waals surface area contributed by atoms with Crippen molar-refractivity contribution in [1.29, 1.82) is 0 Å². The zero-order valence-corrected chi connectivity index (χ0v) is 14.9. The van der Waals surface area contributed by atoms with E-state index in [4.69, 9.17) is 0 Å². The Labute approximate surface area is 154 Å². The number of alkyl halides is 3. The highest BCUT2D eigenvalue weighted by Crippen LogP contribution is 2.44. The van der Waals surface area contributed by atoms with Crippen LogP contribution in [-0.4, -0.2) is 28.6 Å². The Bertz CT molecular complexity index is 1250. The summed E-state index contributed by atoms with van der Waals surface area (Å²) in [6, 6.07) is 0. The second-order valence-corrected chi connectivity index (χ2v) is 9.97. The van der Waals surface area contributed by atoms with Crippen LogP contribution < -0.4 is 0 Å². The second kappa shape index (κ2) is 6.72. The van der Waals surface area contributed by atoms with Crippen molar-refractivity contribution in [2.45, 2.75) is 10.1 Å². The number of hydrogen-bond acceptors (Lipinski definition) is 4. The van der Waals surface area contributed by atoms with Gasteiger partial charge in [0.1, 0.15) is 5.82 Å². The van der Waals surface area contributed by atoms with Crippen LogP contribution in [0.15, 0.2) is 0 Å². The van der Waals surface area contributed by atoms with Crippen LogP contribution in [0.3, 0.4) is 0 Å². The fourth-order valence-corrected chi connectivity index (χ4v) is 5.99. The standard InChI is InChI=1S/C13H4F10O4S2/c1-28(24,25)12(29(26,27)13(21,22)23)4-5(14)2-3(6(15)9(4)18)8(17)11(20)10(19)7(2)16/h12H,1H3. The first-order valence-electron chi connectivity index (χ1n) is 6.68. The molecular weight excluding hydrogens is 474 g/mol. The molecule has 0 amide bonds. The van der Waals surface area contributed by atoms with Crippen molar-refractivity contribution in [3.63, 3.8) is 0 Å². The van der Waals surface area contributed by atoms with Gasteiger partial charge in [0.05, 0.1) is 16.3 Å². The van der Waals surface area contributed by atoms with Gasteiger partial charge in [0.15, 0.2) is 44.7 Å². The summed E-state index contributed by atoms with van der Waals surface area (Å²) in [7, 11) is -12.7. The molecule has 0 saturated carbocycles. The number of hydrogen-bond donors (Lipinski definition) is 0. The normalized spacial score (nSPS) is 14.4. The Kier molecular flexibility index (Phi) is 5.37. The van der Waals surface area contributed by atoms with Gasteiger partial charge in [0.2, 0.25) is 4.58 Å². The molecular formula is C13H4F10O4S2. The molecule has 0 spiro atoms. The average molecular weight is 478 g/mol. The third-order valence-electron chi connectivity index (χ3n) is 3.60. The largest absolute Gasteiger partial charge is 0.499 e. The van der Waals surface area contributed by atoms with E-state index >= 15 is 0 Å². The lowest BCUT2D eigenvalue weighted by Gasteiger charge is -2.20. The lowest BCUT2D eigenvalue weighted by molar-refractivity contribution is -0.0439. The number of halogens is 10. The zero-order chi connectivity index (χ0) is 22.9. The molecule has 0 aromatic heterocycles. The summed E-state index contributed by atoms with van der Waals surface area (Å²) >= 11 is 0. The summed E-state index contributed by atoms with van der Waals surface area (Å²) in [6.45, 7) is 0. The molecule has 0 saturated heterocycles. The number of benzene rings is 2. The van der Waals surface area contributed by atoms with Crippen molar-refractivity contribution in [1.82, 2.24) is 0 Å². The maximum Gasteiger partial charge on any atom is 0.499 e. The van der Waals surface area contributed by atoms with Gasteiger partial charge in [-0.25, -0.2) is 47.6 Å². The van der Waals surface area contributed by atoms with Gasteiger partial charge in [-0.3, -0.25) is 0 Å². The fraction of sp³-hybridized carbons (Fsp3) is 0.231. The lowest BCUT2D eigenvalue weighted by atomic mass is 10.0. The smallest absolute Gasteiger partial charge is 0.227 e. The Morgan fingerprint density at radius 3 is 1.31 bits per heavy atom. The molecule has 0 aliphatic carbocycles. The molecule has 2 aromatic carbocycles. The van der Waals surface area contributed by atoms with Crippen molar-refractivity contribution in [2.75, 3.05) is 6.26 Å². The van der Waals surface area contributed by atoms with Gasteiger partial charge in [-0.2, -0.15) is 13.2 Å². The molecule has 162 valence electrons. The first-order chi connectivity index (χ1) is 12.9. The fourth-order valence-electron chi connectivity index (χ4n) is 2.43. The molecule has 4 nitrogen and oxygen atoms in total. The van der Waals surface area contributed by atoms with Gasteiger partial charge < -0.3 is 0 Å². The van der Waals surface area contributed by atoms with Crippen molar-refractivity contribution in [3.8, 4) is 0 Å². The van der Waals surface area contributed by atoms with E-state index in [1.807, 2.05) is 0 Å². The molecule has 0 aliphatic heterocycles. The molecule has 0 radical (unpaired) electrons. The van der Waals surface area contributed by atoms with Gasteiger partial charge in [-0.05, 0) is 0 Å². The quantitative estimate of drug-likeness (QED) is 0.383. The maximum atomic E-state index is 14.6. The molecule has 29 heavy (non-hydrogen) atoms. The SMILES string of the molecule is CS(=O)(=O)C(c1c(F)c(F)c2c(F)c(F)c(F)c(F)c2c1F)S(=O)(=O)C(F)(F)F. The predicted molar refractivity (Wildman–Crippen MR) is 76.2 cm³/mol. The van der Waals surface area contributed by atoms with Crippen LogP contribution in [-0.2, 0) is 19.7 Å². The monoisotopic (exact) mass is 478 g/mol. The minimum Gasteiger partial charge on any atom is -0.227 e. The molecule has 0 fully saturated rings. The summed E-state index contributed by atoms with van der Waals surface area (Å²) in [5.74, 6) is -19.8. The van der Waals surface area contributed by atoms with Crippen molar-refractivity contribution >= 4 is 30.4 Å². The Morgan fingerprint density at radius 2 is 0.966 bits per heavy atom. The van der Waals surface area contributed by atoms with E-state index in [-0.39, 0.29) is 6.26 Å². The summed E-state index contributed by atoms with van der Waals surface area (Å²) in [6.07, 6.45) is -0.232.